The molecule has 0 aliphatic rings. The molecule has 5 heteroatoms. The number of nitrogens with one attached hydrogen (secondary N) is 1. The molecule has 1 N–H and O–H groups in total. The Bertz CT molecular complexity index is 424. The number of rotatable bonds is 8. The molecule has 1 atom stereocenters. The Labute approximate surface area is 125 Å². The van der Waals surface area contributed by atoms with Gasteiger partial charge in [-0.3, -0.25) is 14.4 Å². The van der Waals surface area contributed by atoms with Gasteiger partial charge < -0.3 is 10.1 Å². The summed E-state index contributed by atoms with van der Waals surface area (Å²) in [6.07, 6.45) is 12.6. The minimum Gasteiger partial charge on any atom is -0.398 e. The van der Waals surface area contributed by atoms with E-state index in [2.05, 4.69) is 36.4 Å². The van der Waals surface area contributed by atoms with Gasteiger partial charge in [0.2, 0.25) is 5.91 Å². The summed E-state index contributed by atoms with van der Waals surface area (Å²) in [6.45, 7) is 8.57. The minimum atomic E-state index is -0.100. The van der Waals surface area contributed by atoms with Gasteiger partial charge in [-0.15, -0.1) is 6.42 Å². The third-order valence-corrected chi connectivity index (χ3v) is 2.34. The number of terminal acetylenes is 1. The number of hydrogen-bond donors (Lipinski definition) is 1. The van der Waals surface area contributed by atoms with Gasteiger partial charge in [0, 0.05) is 18.2 Å². The molecule has 1 unspecified atom stereocenters. The molecule has 5 nitrogen and oxygen atoms in total. The monoisotopic (exact) mass is 291 g/mol. The van der Waals surface area contributed by atoms with Crippen molar-refractivity contribution in [2.45, 2.75) is 20.3 Å². The van der Waals surface area contributed by atoms with E-state index in [0.717, 1.165) is 6.42 Å². The van der Waals surface area contributed by atoms with Crippen LogP contribution in [0.15, 0.2) is 36.5 Å². The largest absolute Gasteiger partial charge is 0.398 e. The van der Waals surface area contributed by atoms with Crippen molar-refractivity contribution < 1.29 is 19.1 Å². The molecule has 0 saturated heterocycles. The van der Waals surface area contributed by atoms with Crippen molar-refractivity contribution in [1.29, 1.82) is 0 Å². The van der Waals surface area contributed by atoms with Crippen molar-refractivity contribution in [1.82, 2.24) is 5.32 Å². The summed E-state index contributed by atoms with van der Waals surface area (Å²) in [5, 5.41) is 2.81. The lowest BCUT2D eigenvalue weighted by Crippen LogP contribution is -2.26. The maximum Gasteiger partial charge on any atom is 0.300 e. The van der Waals surface area contributed by atoms with Gasteiger partial charge in [-0.25, -0.2) is 0 Å². The number of carbonyl (C=O) groups is 3. The highest BCUT2D eigenvalue weighted by atomic mass is 16.6. The van der Waals surface area contributed by atoms with Gasteiger partial charge >= 0.3 is 12.9 Å². The zero-order chi connectivity index (χ0) is 16.5. The average molecular weight is 291 g/mol. The molecule has 114 valence electrons. The molecule has 0 aromatic heterocycles. The van der Waals surface area contributed by atoms with Gasteiger partial charge in [-0.1, -0.05) is 44.9 Å². The molecule has 0 saturated carbocycles. The molecule has 0 spiro atoms. The van der Waals surface area contributed by atoms with Crippen LogP contribution in [-0.4, -0.2) is 25.4 Å². The molecule has 0 bridgehead atoms. The molecule has 0 aliphatic heterocycles. The van der Waals surface area contributed by atoms with Gasteiger partial charge in [0.05, 0.1) is 0 Å². The standard InChI is InChI=1S/C14H19NO.C2H2O3/c1-5-12(4)11-15-14(16)10-8-9-13(6-2)7-3;3-1-5-2-4/h2,7-10,12H,3,5,11H2,1,4H3,(H,15,16);1-2H/b10-8+,13-9-;. The molecule has 0 radical (unpaired) electrons. The van der Waals surface area contributed by atoms with Crippen LogP contribution in [0.5, 0.6) is 0 Å². The van der Waals surface area contributed by atoms with E-state index < -0.39 is 0 Å². The van der Waals surface area contributed by atoms with Crippen LogP contribution in [0.1, 0.15) is 20.3 Å². The minimum absolute atomic E-state index is 0.0625. The third-order valence-electron chi connectivity index (χ3n) is 2.34. The summed E-state index contributed by atoms with van der Waals surface area (Å²) in [6, 6.07) is 0. The van der Waals surface area contributed by atoms with Crippen molar-refractivity contribution in [2.75, 3.05) is 6.54 Å². The normalized spacial score (nSPS) is 11.4. The molecule has 0 fully saturated rings. The highest BCUT2D eigenvalue weighted by Crippen LogP contribution is 1.97. The maximum atomic E-state index is 11.3. The first-order valence-electron chi connectivity index (χ1n) is 6.33. The summed E-state index contributed by atoms with van der Waals surface area (Å²) in [4.78, 5) is 29.2. The molecule has 1 amide bonds. The zero-order valence-corrected chi connectivity index (χ0v) is 12.4. The lowest BCUT2D eigenvalue weighted by molar-refractivity contribution is -0.141. The summed E-state index contributed by atoms with van der Waals surface area (Å²) >= 11 is 0. The molecule has 0 aromatic carbocycles. The fraction of sp³-hybridized carbons (Fsp3) is 0.312. The van der Waals surface area contributed by atoms with E-state index in [-0.39, 0.29) is 18.9 Å². The zero-order valence-electron chi connectivity index (χ0n) is 12.4. The van der Waals surface area contributed by atoms with E-state index in [1.54, 1.807) is 18.2 Å². The topological polar surface area (TPSA) is 72.5 Å². The quantitative estimate of drug-likeness (QED) is 0.243. The van der Waals surface area contributed by atoms with Crippen LogP contribution in [-0.2, 0) is 19.1 Å². The van der Waals surface area contributed by atoms with Crippen molar-refractivity contribution in [2.24, 2.45) is 5.92 Å². The van der Waals surface area contributed by atoms with Gasteiger partial charge in [-0.2, -0.15) is 0 Å². The van der Waals surface area contributed by atoms with Crippen molar-refractivity contribution in [3.8, 4) is 12.3 Å². The molecule has 0 aromatic rings. The van der Waals surface area contributed by atoms with Crippen molar-refractivity contribution in [3.05, 3.63) is 36.5 Å². The number of allylic oxidation sites excluding steroid dienone is 4. The number of ether oxygens (including phenoxy) is 1. The fourth-order valence-corrected chi connectivity index (χ4v) is 0.915. The smallest absolute Gasteiger partial charge is 0.300 e. The Hall–Kier alpha value is -2.61. The Morgan fingerprint density at radius 2 is 2.05 bits per heavy atom. The predicted octanol–water partition coefficient (Wildman–Crippen LogP) is 1.77. The summed E-state index contributed by atoms with van der Waals surface area (Å²) in [5.74, 6) is 2.85. The van der Waals surface area contributed by atoms with Crippen LogP contribution in [0.25, 0.3) is 0 Å². The predicted molar refractivity (Wildman–Crippen MR) is 81.9 cm³/mol. The van der Waals surface area contributed by atoms with E-state index in [1.807, 2.05) is 0 Å². The molecular weight excluding hydrogens is 270 g/mol. The summed E-state index contributed by atoms with van der Waals surface area (Å²) in [7, 11) is 0. The highest BCUT2D eigenvalue weighted by Gasteiger charge is 1.99. The second-order valence-electron chi connectivity index (χ2n) is 3.92. The van der Waals surface area contributed by atoms with Crippen LogP contribution in [0.2, 0.25) is 0 Å². The van der Waals surface area contributed by atoms with E-state index in [1.165, 1.54) is 6.08 Å². The van der Waals surface area contributed by atoms with E-state index in [0.29, 0.717) is 18.0 Å². The molecule has 0 rings (SSSR count). The SMILES string of the molecule is C#C/C(C=C)=C/C=C/C(=O)NCC(C)CC.O=COC=O. The average Bonchev–Trinajstić information content (AvgIpc) is 2.50. The van der Waals surface area contributed by atoms with Gasteiger partial charge in [0.1, 0.15) is 0 Å². The lowest BCUT2D eigenvalue weighted by Gasteiger charge is -2.07. The first-order valence-corrected chi connectivity index (χ1v) is 6.33. The summed E-state index contributed by atoms with van der Waals surface area (Å²) < 4.78 is 3.47. The Morgan fingerprint density at radius 1 is 1.43 bits per heavy atom. The van der Waals surface area contributed by atoms with Crippen LogP contribution < -0.4 is 5.32 Å². The molecular formula is C16H21NO4. The second kappa shape index (κ2) is 15.4. The number of carbonyl (C=O) groups excluding carboxylic acids is 3. The van der Waals surface area contributed by atoms with Crippen LogP contribution in [0, 0.1) is 18.3 Å². The van der Waals surface area contributed by atoms with Crippen LogP contribution in [0.3, 0.4) is 0 Å². The second-order valence-corrected chi connectivity index (χ2v) is 3.92. The number of hydrogen-bond acceptors (Lipinski definition) is 4. The third kappa shape index (κ3) is 15.3. The van der Waals surface area contributed by atoms with Gasteiger partial charge in [-0.05, 0) is 12.0 Å². The van der Waals surface area contributed by atoms with Crippen molar-refractivity contribution >= 4 is 18.9 Å². The molecule has 0 heterocycles. The van der Waals surface area contributed by atoms with Crippen LogP contribution in [0.4, 0.5) is 0 Å². The fourth-order valence-electron chi connectivity index (χ4n) is 0.915. The Morgan fingerprint density at radius 3 is 2.43 bits per heavy atom. The van der Waals surface area contributed by atoms with E-state index in [9.17, 15) is 4.79 Å². The first kappa shape index (κ1) is 20.7. The van der Waals surface area contributed by atoms with Crippen LogP contribution >= 0.6 is 0 Å². The Kier molecular flexibility index (Phi) is 15.2. The number of amides is 1. The van der Waals surface area contributed by atoms with E-state index in [4.69, 9.17) is 16.0 Å². The molecule has 0 aliphatic carbocycles. The van der Waals surface area contributed by atoms with Crippen molar-refractivity contribution in [3.63, 3.8) is 0 Å². The lowest BCUT2D eigenvalue weighted by atomic mass is 10.1. The maximum absolute atomic E-state index is 11.3. The van der Waals surface area contributed by atoms with Gasteiger partial charge in [0.15, 0.2) is 0 Å². The van der Waals surface area contributed by atoms with Gasteiger partial charge in [0.25, 0.3) is 0 Å². The Balaban J connectivity index is 0. The summed E-state index contributed by atoms with van der Waals surface area (Å²) in [5.41, 5.74) is 0.658. The first-order chi connectivity index (χ1) is 10.0. The highest BCUT2D eigenvalue weighted by molar-refractivity contribution is 5.87. The van der Waals surface area contributed by atoms with E-state index >= 15 is 0 Å². The molecule has 21 heavy (non-hydrogen) atoms.